The molecule has 4 nitrogen and oxygen atoms in total. The highest BCUT2D eigenvalue weighted by Gasteiger charge is 2.49. The Morgan fingerprint density at radius 3 is 2.77 bits per heavy atom. The zero-order chi connectivity index (χ0) is 9.90. The van der Waals surface area contributed by atoms with Crippen molar-refractivity contribution in [2.24, 2.45) is 0 Å². The number of halogens is 1. The fourth-order valence-electron chi connectivity index (χ4n) is 1.37. The molecule has 0 spiro atoms. The van der Waals surface area contributed by atoms with Crippen LogP contribution in [0.5, 0.6) is 0 Å². The highest BCUT2D eigenvalue weighted by molar-refractivity contribution is 9.09. The predicted molar refractivity (Wildman–Crippen MR) is 49.7 cm³/mol. The molecule has 0 N–H and O–H groups in total. The number of methoxy groups -OCH3 is 2. The molecule has 1 fully saturated rings. The van der Waals surface area contributed by atoms with Crippen molar-refractivity contribution in [1.82, 2.24) is 0 Å². The molecule has 13 heavy (non-hydrogen) atoms. The molecule has 0 unspecified atom stereocenters. The van der Waals surface area contributed by atoms with E-state index in [4.69, 9.17) is 9.47 Å². The van der Waals surface area contributed by atoms with Gasteiger partial charge in [-0.2, -0.15) is 0 Å². The van der Waals surface area contributed by atoms with Gasteiger partial charge < -0.3 is 14.2 Å². The van der Waals surface area contributed by atoms with Crippen molar-refractivity contribution in [3.8, 4) is 0 Å². The van der Waals surface area contributed by atoms with Crippen LogP contribution in [0.3, 0.4) is 0 Å². The van der Waals surface area contributed by atoms with Gasteiger partial charge in [-0.25, -0.2) is 4.79 Å². The van der Waals surface area contributed by atoms with Crippen LogP contribution in [0.2, 0.25) is 0 Å². The molecule has 76 valence electrons. The second kappa shape index (κ2) is 4.39. The van der Waals surface area contributed by atoms with Crippen LogP contribution in [0.1, 0.15) is 12.8 Å². The van der Waals surface area contributed by atoms with Crippen LogP contribution in [0.15, 0.2) is 0 Å². The second-order valence-corrected chi connectivity index (χ2v) is 3.93. The van der Waals surface area contributed by atoms with E-state index in [0.717, 1.165) is 12.8 Å². The molecule has 0 aromatic rings. The minimum atomic E-state index is -1.26. The summed E-state index contributed by atoms with van der Waals surface area (Å²) in [7, 11) is 2.76. The molecule has 2 atom stereocenters. The van der Waals surface area contributed by atoms with Gasteiger partial charge in [0.1, 0.15) is 0 Å². The van der Waals surface area contributed by atoms with Gasteiger partial charge in [-0.1, -0.05) is 15.9 Å². The Kier molecular flexibility index (Phi) is 3.70. The van der Waals surface area contributed by atoms with Gasteiger partial charge in [-0.3, -0.25) is 0 Å². The number of ether oxygens (including phenoxy) is 3. The van der Waals surface area contributed by atoms with Crippen LogP contribution in [-0.2, 0) is 19.0 Å². The summed E-state index contributed by atoms with van der Waals surface area (Å²) in [6, 6.07) is 0. The summed E-state index contributed by atoms with van der Waals surface area (Å²) in [5, 5.41) is 0. The Bertz CT molecular complexity index is 197. The molecule has 0 bridgehead atoms. The lowest BCUT2D eigenvalue weighted by atomic mass is 10.1. The number of rotatable bonds is 2. The highest BCUT2D eigenvalue weighted by atomic mass is 79.9. The van der Waals surface area contributed by atoms with E-state index >= 15 is 0 Å². The van der Waals surface area contributed by atoms with E-state index < -0.39 is 11.8 Å². The van der Waals surface area contributed by atoms with Gasteiger partial charge in [0.25, 0.3) is 5.79 Å². The smallest absolute Gasteiger partial charge is 0.367 e. The molecule has 5 heteroatoms. The minimum absolute atomic E-state index is 0.147. The third kappa shape index (κ3) is 1.87. The summed E-state index contributed by atoms with van der Waals surface area (Å²) in [5.74, 6) is -1.75. The maximum Gasteiger partial charge on any atom is 0.367 e. The van der Waals surface area contributed by atoms with Crippen molar-refractivity contribution in [1.29, 1.82) is 0 Å². The Hall–Kier alpha value is -0.130. The number of esters is 1. The van der Waals surface area contributed by atoms with E-state index in [9.17, 15) is 4.79 Å². The summed E-state index contributed by atoms with van der Waals surface area (Å²) >= 11 is 3.36. The molecule has 1 heterocycles. The van der Waals surface area contributed by atoms with Gasteiger partial charge >= 0.3 is 5.97 Å². The molecule has 1 rings (SSSR count). The van der Waals surface area contributed by atoms with Crippen molar-refractivity contribution < 1.29 is 19.0 Å². The summed E-state index contributed by atoms with van der Waals surface area (Å²) in [6.45, 7) is 0.519. The molecule has 0 saturated carbocycles. The first kappa shape index (κ1) is 10.9. The highest BCUT2D eigenvalue weighted by Crippen LogP contribution is 2.32. The lowest BCUT2D eigenvalue weighted by Crippen LogP contribution is -2.54. The Balaban J connectivity index is 2.82. The van der Waals surface area contributed by atoms with Gasteiger partial charge in [0.05, 0.1) is 18.5 Å². The molecule has 0 aromatic heterocycles. The minimum Gasteiger partial charge on any atom is -0.465 e. The summed E-state index contributed by atoms with van der Waals surface area (Å²) in [6.07, 6.45) is 1.75. The largest absolute Gasteiger partial charge is 0.465 e. The lowest BCUT2D eigenvalue weighted by molar-refractivity contribution is -0.245. The second-order valence-electron chi connectivity index (χ2n) is 2.82. The number of hydrogen-bond donors (Lipinski definition) is 0. The first-order valence-electron chi connectivity index (χ1n) is 4.09. The summed E-state index contributed by atoms with van der Waals surface area (Å²) in [4.78, 5) is 11.3. The zero-order valence-corrected chi connectivity index (χ0v) is 9.30. The first-order chi connectivity index (χ1) is 6.17. The van der Waals surface area contributed by atoms with E-state index in [1.54, 1.807) is 0 Å². The third-order valence-electron chi connectivity index (χ3n) is 2.10. The fraction of sp³-hybridized carbons (Fsp3) is 0.875. The molecular weight excluding hydrogens is 240 g/mol. The summed E-state index contributed by atoms with van der Waals surface area (Å²) in [5.41, 5.74) is 0. The topological polar surface area (TPSA) is 44.8 Å². The average Bonchev–Trinajstić information content (AvgIpc) is 2.18. The van der Waals surface area contributed by atoms with Gasteiger partial charge in [-0.05, 0) is 12.8 Å². The fourth-order valence-corrected chi connectivity index (χ4v) is 2.20. The number of hydrogen-bond acceptors (Lipinski definition) is 4. The van der Waals surface area contributed by atoms with Crippen LogP contribution < -0.4 is 0 Å². The Labute approximate surface area is 85.7 Å². The molecule has 1 aliphatic heterocycles. The van der Waals surface area contributed by atoms with Crippen LogP contribution >= 0.6 is 15.9 Å². The van der Waals surface area contributed by atoms with E-state index in [0.29, 0.717) is 6.61 Å². The first-order valence-corrected chi connectivity index (χ1v) is 5.00. The van der Waals surface area contributed by atoms with Crippen molar-refractivity contribution in [2.45, 2.75) is 23.5 Å². The quantitative estimate of drug-likeness (QED) is 0.545. The van der Waals surface area contributed by atoms with Gasteiger partial charge in [0.15, 0.2) is 0 Å². The van der Waals surface area contributed by atoms with Crippen molar-refractivity contribution in [2.75, 3.05) is 20.8 Å². The van der Waals surface area contributed by atoms with Gasteiger partial charge in [-0.15, -0.1) is 0 Å². The molecule has 0 aliphatic carbocycles. The van der Waals surface area contributed by atoms with Crippen LogP contribution in [-0.4, -0.2) is 37.4 Å². The zero-order valence-electron chi connectivity index (χ0n) is 7.71. The molecule has 0 amide bonds. The molecule has 1 aliphatic rings. The van der Waals surface area contributed by atoms with E-state index in [-0.39, 0.29) is 4.83 Å². The number of carbonyl (C=O) groups excluding carboxylic acids is 1. The van der Waals surface area contributed by atoms with E-state index in [2.05, 4.69) is 20.7 Å². The molecular formula is C8H13BrO4. The SMILES string of the molecule is COC(=O)[C@]1(OC)OCCC[C@@H]1Br. The van der Waals surface area contributed by atoms with Gasteiger partial charge in [0, 0.05) is 7.11 Å². The van der Waals surface area contributed by atoms with Crippen LogP contribution in [0.25, 0.3) is 0 Å². The maximum absolute atomic E-state index is 11.4. The predicted octanol–water partition coefficient (Wildman–Crippen LogP) is 1.08. The molecule has 1 saturated heterocycles. The molecule has 0 aromatic carbocycles. The van der Waals surface area contributed by atoms with Crippen LogP contribution in [0, 0.1) is 0 Å². The van der Waals surface area contributed by atoms with Crippen molar-refractivity contribution >= 4 is 21.9 Å². The Morgan fingerprint density at radius 2 is 2.31 bits per heavy atom. The number of alkyl halides is 1. The maximum atomic E-state index is 11.4. The van der Waals surface area contributed by atoms with E-state index in [1.165, 1.54) is 14.2 Å². The normalized spacial score (nSPS) is 34.2. The van der Waals surface area contributed by atoms with Crippen molar-refractivity contribution in [3.05, 3.63) is 0 Å². The van der Waals surface area contributed by atoms with E-state index in [1.807, 2.05) is 0 Å². The third-order valence-corrected chi connectivity index (χ3v) is 3.16. The summed E-state index contributed by atoms with van der Waals surface area (Å²) < 4.78 is 15.1. The lowest BCUT2D eigenvalue weighted by Gasteiger charge is -2.36. The van der Waals surface area contributed by atoms with Crippen LogP contribution in [0.4, 0.5) is 0 Å². The van der Waals surface area contributed by atoms with Gasteiger partial charge in [0.2, 0.25) is 0 Å². The number of carbonyl (C=O) groups is 1. The van der Waals surface area contributed by atoms with Crippen molar-refractivity contribution in [3.63, 3.8) is 0 Å². The monoisotopic (exact) mass is 252 g/mol. The Morgan fingerprint density at radius 1 is 1.62 bits per heavy atom. The average molecular weight is 253 g/mol. The standard InChI is InChI=1S/C8H13BrO4/c1-11-7(10)8(12-2)6(9)4-3-5-13-8/h6H,3-5H2,1-2H3/t6-,8+/m0/s1. The molecule has 0 radical (unpaired) electrons.